The molecule has 4 aromatic carbocycles. The first-order chi connectivity index (χ1) is 23.0. The van der Waals surface area contributed by atoms with E-state index in [1.807, 2.05) is 63.2 Å². The largest absolute Gasteiger partial charge is 0.352 e. The van der Waals surface area contributed by atoms with Crippen molar-refractivity contribution in [2.75, 3.05) is 10.8 Å². The summed E-state index contributed by atoms with van der Waals surface area (Å²) >= 11 is 6.37. The summed E-state index contributed by atoms with van der Waals surface area (Å²) in [6, 6.07) is 28.0. The quantitative estimate of drug-likeness (QED) is 0.167. The van der Waals surface area contributed by atoms with Crippen LogP contribution in [0.15, 0.2) is 102 Å². The number of carbonyl (C=O) groups is 2. The molecule has 4 aromatic rings. The van der Waals surface area contributed by atoms with Gasteiger partial charge in [-0.25, -0.2) is 8.42 Å². The highest BCUT2D eigenvalue weighted by molar-refractivity contribution is 7.92. The molecule has 252 valence electrons. The third-order valence-electron chi connectivity index (χ3n) is 8.85. The van der Waals surface area contributed by atoms with E-state index in [1.165, 1.54) is 9.21 Å². The number of sulfonamides is 1. The molecule has 0 bridgehead atoms. The van der Waals surface area contributed by atoms with Crippen molar-refractivity contribution in [3.05, 3.63) is 130 Å². The van der Waals surface area contributed by atoms with Gasteiger partial charge in [-0.05, 0) is 92.3 Å². The number of carbonyl (C=O) groups excluding carboxylic acids is 2. The van der Waals surface area contributed by atoms with E-state index < -0.39 is 28.5 Å². The van der Waals surface area contributed by atoms with Crippen molar-refractivity contribution in [2.45, 2.75) is 82.8 Å². The summed E-state index contributed by atoms with van der Waals surface area (Å²) in [6.45, 7) is 5.25. The maximum atomic E-state index is 14.8. The number of hydrogen-bond donors (Lipinski definition) is 1. The van der Waals surface area contributed by atoms with Gasteiger partial charge >= 0.3 is 0 Å². The highest BCUT2D eigenvalue weighted by Gasteiger charge is 2.35. The molecule has 1 aliphatic carbocycles. The molecule has 5 rings (SSSR count). The van der Waals surface area contributed by atoms with Gasteiger partial charge < -0.3 is 10.2 Å². The van der Waals surface area contributed by atoms with Gasteiger partial charge in [0.1, 0.15) is 12.6 Å². The zero-order valence-electron chi connectivity index (χ0n) is 27.9. The fourth-order valence-corrected chi connectivity index (χ4v) is 8.00. The second-order valence-corrected chi connectivity index (χ2v) is 15.2. The third kappa shape index (κ3) is 9.05. The van der Waals surface area contributed by atoms with Crippen molar-refractivity contribution in [3.63, 3.8) is 0 Å². The van der Waals surface area contributed by atoms with Crippen LogP contribution in [0, 0.1) is 20.8 Å². The van der Waals surface area contributed by atoms with Gasteiger partial charge in [-0.2, -0.15) is 0 Å². The van der Waals surface area contributed by atoms with E-state index in [0.717, 1.165) is 59.9 Å². The lowest BCUT2D eigenvalue weighted by atomic mass is 9.94. The summed E-state index contributed by atoms with van der Waals surface area (Å²) in [7, 11) is -4.18. The maximum Gasteiger partial charge on any atom is 0.264 e. The number of halogens is 1. The first-order valence-electron chi connectivity index (χ1n) is 16.6. The molecule has 1 fully saturated rings. The van der Waals surface area contributed by atoms with E-state index in [0.29, 0.717) is 10.7 Å². The molecule has 2 amide bonds. The van der Waals surface area contributed by atoms with Crippen molar-refractivity contribution in [3.8, 4) is 0 Å². The molecule has 1 atom stereocenters. The lowest BCUT2D eigenvalue weighted by Crippen LogP contribution is -2.55. The van der Waals surface area contributed by atoms with Crippen molar-refractivity contribution in [2.24, 2.45) is 0 Å². The Labute approximate surface area is 290 Å². The molecule has 0 aliphatic heterocycles. The van der Waals surface area contributed by atoms with E-state index in [-0.39, 0.29) is 29.8 Å². The Morgan fingerprint density at radius 2 is 1.44 bits per heavy atom. The van der Waals surface area contributed by atoms with Crippen LogP contribution < -0.4 is 9.62 Å². The van der Waals surface area contributed by atoms with E-state index in [4.69, 9.17) is 11.6 Å². The van der Waals surface area contributed by atoms with Crippen molar-refractivity contribution < 1.29 is 18.0 Å². The minimum atomic E-state index is -4.18. The summed E-state index contributed by atoms with van der Waals surface area (Å²) in [5, 5.41) is 3.75. The number of aryl methyl sites for hydroxylation is 3. The summed E-state index contributed by atoms with van der Waals surface area (Å²) in [4.78, 5) is 30.6. The first kappa shape index (κ1) is 35.2. The Morgan fingerprint density at radius 3 is 2.08 bits per heavy atom. The van der Waals surface area contributed by atoms with Gasteiger partial charge in [0.2, 0.25) is 11.8 Å². The van der Waals surface area contributed by atoms with E-state index >= 15 is 0 Å². The zero-order chi connectivity index (χ0) is 34.3. The van der Waals surface area contributed by atoms with Gasteiger partial charge in [-0.3, -0.25) is 13.9 Å². The first-order valence-corrected chi connectivity index (χ1v) is 18.4. The lowest BCUT2D eigenvalue weighted by Gasteiger charge is -2.35. The molecule has 48 heavy (non-hydrogen) atoms. The van der Waals surface area contributed by atoms with Crippen LogP contribution in [-0.4, -0.2) is 43.8 Å². The normalized spacial score (nSPS) is 14.2. The van der Waals surface area contributed by atoms with Crippen LogP contribution in [0.5, 0.6) is 0 Å². The maximum absolute atomic E-state index is 14.8. The van der Waals surface area contributed by atoms with Gasteiger partial charge in [0.05, 0.1) is 10.6 Å². The molecular formula is C39H44ClN3O4S. The van der Waals surface area contributed by atoms with Crippen molar-refractivity contribution in [1.29, 1.82) is 0 Å². The number of rotatable bonds is 12. The minimum absolute atomic E-state index is 0.0290. The van der Waals surface area contributed by atoms with Crippen LogP contribution in [-0.2, 0) is 32.6 Å². The second-order valence-electron chi connectivity index (χ2n) is 12.9. The van der Waals surface area contributed by atoms with Crippen LogP contribution in [0.1, 0.15) is 59.9 Å². The van der Waals surface area contributed by atoms with Gasteiger partial charge in [0.15, 0.2) is 0 Å². The molecule has 9 heteroatoms. The van der Waals surface area contributed by atoms with Crippen molar-refractivity contribution >= 4 is 39.1 Å². The monoisotopic (exact) mass is 685 g/mol. The molecule has 1 N–H and O–H groups in total. The SMILES string of the molecule is Cc1ccc(S(=O)(=O)N(CC(=O)N(Cc2cccc(Cl)c2)[C@H](Cc2ccccc2)C(=O)NC2CCCCC2)c2cc(C)cc(C)c2)cc1. The number of nitrogens with one attached hydrogen (secondary N) is 1. The predicted molar refractivity (Wildman–Crippen MR) is 193 cm³/mol. The molecule has 7 nitrogen and oxygen atoms in total. The van der Waals surface area contributed by atoms with Crippen molar-refractivity contribution in [1.82, 2.24) is 10.2 Å². The molecule has 1 saturated carbocycles. The molecule has 0 heterocycles. The molecule has 0 aromatic heterocycles. The Balaban J connectivity index is 1.58. The lowest BCUT2D eigenvalue weighted by molar-refractivity contribution is -0.140. The van der Waals surface area contributed by atoms with Gasteiger partial charge in [0, 0.05) is 24.0 Å². The Kier molecular flexibility index (Phi) is 11.6. The Bertz CT molecular complexity index is 1800. The van der Waals surface area contributed by atoms with Crippen LogP contribution in [0.4, 0.5) is 5.69 Å². The van der Waals surface area contributed by atoms with E-state index in [2.05, 4.69) is 5.32 Å². The third-order valence-corrected chi connectivity index (χ3v) is 10.9. The summed E-state index contributed by atoms with van der Waals surface area (Å²) in [6.07, 6.45) is 5.27. The minimum Gasteiger partial charge on any atom is -0.352 e. The molecule has 0 spiro atoms. The number of nitrogens with zero attached hydrogens (tertiary/aromatic N) is 2. The molecule has 1 aliphatic rings. The fourth-order valence-electron chi connectivity index (χ4n) is 6.39. The predicted octanol–water partition coefficient (Wildman–Crippen LogP) is 7.55. The van der Waals surface area contributed by atoms with Gasteiger partial charge in [0.25, 0.3) is 10.0 Å². The number of anilines is 1. The summed E-state index contributed by atoms with van der Waals surface area (Å²) in [5.74, 6) is -0.745. The molecule has 0 unspecified atom stereocenters. The van der Waals surface area contributed by atoms with Crippen LogP contribution >= 0.6 is 11.6 Å². The smallest absolute Gasteiger partial charge is 0.264 e. The second kappa shape index (κ2) is 15.8. The number of amides is 2. The van der Waals surface area contributed by atoms with E-state index in [1.54, 1.807) is 54.6 Å². The average molecular weight is 686 g/mol. The van der Waals surface area contributed by atoms with Gasteiger partial charge in [-0.15, -0.1) is 0 Å². The fraction of sp³-hybridized carbons (Fsp3) is 0.333. The van der Waals surface area contributed by atoms with Gasteiger partial charge in [-0.1, -0.05) is 97.1 Å². The molecular weight excluding hydrogens is 642 g/mol. The van der Waals surface area contributed by atoms with E-state index in [9.17, 15) is 18.0 Å². The van der Waals surface area contributed by atoms with Crippen LogP contribution in [0.2, 0.25) is 5.02 Å². The summed E-state index contributed by atoms with van der Waals surface area (Å²) in [5.41, 5.74) is 4.67. The van der Waals surface area contributed by atoms with Crippen LogP contribution in [0.3, 0.4) is 0 Å². The molecule has 0 radical (unpaired) electrons. The molecule has 0 saturated heterocycles. The summed E-state index contributed by atoms with van der Waals surface area (Å²) < 4.78 is 29.9. The Morgan fingerprint density at radius 1 is 0.792 bits per heavy atom. The highest BCUT2D eigenvalue weighted by atomic mass is 35.5. The zero-order valence-corrected chi connectivity index (χ0v) is 29.4. The number of hydrogen-bond acceptors (Lipinski definition) is 4. The average Bonchev–Trinajstić information content (AvgIpc) is 3.05. The topological polar surface area (TPSA) is 86.8 Å². The standard InChI is InChI=1S/C39H44ClN3O4S/c1-28-17-19-36(20-18-28)48(46,47)43(35-22-29(2)21-30(3)23-35)27-38(44)42(26-32-13-10-14-33(40)24-32)37(25-31-11-6-4-7-12-31)39(45)41-34-15-8-5-9-16-34/h4,6-7,10-14,17-24,34,37H,5,8-9,15-16,25-27H2,1-3H3,(H,41,45)/t37-/m1/s1. The van der Waals surface area contributed by atoms with Crippen LogP contribution in [0.25, 0.3) is 0 Å². The number of benzene rings is 4. The Hall–Kier alpha value is -4.14. The highest BCUT2D eigenvalue weighted by Crippen LogP contribution is 2.28.